The number of hydrogen-bond donors (Lipinski definition) is 1. The van der Waals surface area contributed by atoms with Gasteiger partial charge in [0.05, 0.1) is 7.11 Å². The maximum Gasteiger partial charge on any atom is 0.322 e. The van der Waals surface area contributed by atoms with Crippen molar-refractivity contribution in [1.29, 1.82) is 0 Å². The molecule has 1 rings (SSSR count). The standard InChI is InChI=1S/C9H17NO2/c1-6-4-5-8(9(11)12-3)10-7(6)2/h6-8,10H,4-5H2,1-3H3. The smallest absolute Gasteiger partial charge is 0.322 e. The van der Waals surface area contributed by atoms with Gasteiger partial charge in [-0.1, -0.05) is 6.92 Å². The van der Waals surface area contributed by atoms with E-state index in [4.69, 9.17) is 0 Å². The molecule has 1 saturated heterocycles. The van der Waals surface area contributed by atoms with Gasteiger partial charge in [0.2, 0.25) is 0 Å². The van der Waals surface area contributed by atoms with Crippen LogP contribution in [0.4, 0.5) is 0 Å². The zero-order valence-corrected chi connectivity index (χ0v) is 7.96. The molecule has 0 aromatic carbocycles. The lowest BCUT2D eigenvalue weighted by atomic mass is 9.90. The van der Waals surface area contributed by atoms with Gasteiger partial charge in [-0.25, -0.2) is 0 Å². The minimum atomic E-state index is -0.131. The molecule has 0 saturated carbocycles. The van der Waals surface area contributed by atoms with Crippen molar-refractivity contribution in [2.45, 2.75) is 38.8 Å². The molecule has 3 heteroatoms. The molecule has 0 amide bonds. The van der Waals surface area contributed by atoms with Gasteiger partial charge in [0.1, 0.15) is 6.04 Å². The highest BCUT2D eigenvalue weighted by atomic mass is 16.5. The van der Waals surface area contributed by atoms with Gasteiger partial charge in [0.15, 0.2) is 0 Å². The van der Waals surface area contributed by atoms with E-state index >= 15 is 0 Å². The predicted octanol–water partition coefficient (Wildman–Crippen LogP) is 0.936. The molecule has 1 aliphatic rings. The van der Waals surface area contributed by atoms with Gasteiger partial charge in [-0.2, -0.15) is 0 Å². The third-order valence-electron chi connectivity index (χ3n) is 2.71. The number of rotatable bonds is 1. The Morgan fingerprint density at radius 1 is 1.42 bits per heavy atom. The number of nitrogens with one attached hydrogen (secondary N) is 1. The molecule has 1 heterocycles. The number of ether oxygens (including phenoxy) is 1. The van der Waals surface area contributed by atoms with E-state index in [-0.39, 0.29) is 12.0 Å². The predicted molar refractivity (Wildman–Crippen MR) is 46.8 cm³/mol. The second kappa shape index (κ2) is 3.90. The van der Waals surface area contributed by atoms with E-state index in [1.807, 2.05) is 0 Å². The number of methoxy groups -OCH3 is 1. The molecule has 3 nitrogen and oxygen atoms in total. The van der Waals surface area contributed by atoms with Crippen molar-refractivity contribution >= 4 is 5.97 Å². The summed E-state index contributed by atoms with van der Waals surface area (Å²) in [5, 5.41) is 3.24. The molecule has 0 bridgehead atoms. The average Bonchev–Trinajstić information content (AvgIpc) is 2.08. The van der Waals surface area contributed by atoms with Gasteiger partial charge >= 0.3 is 5.97 Å². The molecule has 3 atom stereocenters. The Labute approximate surface area is 73.5 Å². The van der Waals surface area contributed by atoms with Crippen molar-refractivity contribution < 1.29 is 9.53 Å². The fourth-order valence-corrected chi connectivity index (χ4v) is 1.57. The third kappa shape index (κ3) is 1.97. The first-order chi connectivity index (χ1) is 5.65. The fraction of sp³-hybridized carbons (Fsp3) is 0.889. The number of carbonyl (C=O) groups excluding carboxylic acids is 1. The van der Waals surface area contributed by atoms with Gasteiger partial charge in [0.25, 0.3) is 0 Å². The number of piperidine rings is 1. The SMILES string of the molecule is COC(=O)C1CCC(C)C(C)N1. The lowest BCUT2D eigenvalue weighted by molar-refractivity contribution is -0.144. The first kappa shape index (κ1) is 9.52. The van der Waals surface area contributed by atoms with Gasteiger partial charge < -0.3 is 10.1 Å². The molecule has 70 valence electrons. The van der Waals surface area contributed by atoms with Crippen LogP contribution >= 0.6 is 0 Å². The summed E-state index contributed by atoms with van der Waals surface area (Å²) in [4.78, 5) is 11.1. The lowest BCUT2D eigenvalue weighted by Crippen LogP contribution is -2.49. The lowest BCUT2D eigenvalue weighted by Gasteiger charge is -2.31. The normalized spacial score (nSPS) is 36.1. The molecule has 3 unspecified atom stereocenters. The molecule has 0 aliphatic carbocycles. The summed E-state index contributed by atoms with van der Waals surface area (Å²) in [6.07, 6.45) is 2.01. The molecule has 1 fully saturated rings. The minimum Gasteiger partial charge on any atom is -0.468 e. The molecular formula is C9H17NO2. The second-order valence-electron chi connectivity index (χ2n) is 3.59. The maximum atomic E-state index is 11.1. The van der Waals surface area contributed by atoms with Crippen LogP contribution < -0.4 is 5.32 Å². The largest absolute Gasteiger partial charge is 0.468 e. The van der Waals surface area contributed by atoms with Crippen molar-refractivity contribution in [1.82, 2.24) is 5.32 Å². The van der Waals surface area contributed by atoms with E-state index in [1.165, 1.54) is 7.11 Å². The highest BCUT2D eigenvalue weighted by Gasteiger charge is 2.28. The van der Waals surface area contributed by atoms with E-state index < -0.39 is 0 Å². The van der Waals surface area contributed by atoms with E-state index in [9.17, 15) is 4.79 Å². The van der Waals surface area contributed by atoms with E-state index in [2.05, 4.69) is 23.9 Å². The molecule has 0 spiro atoms. The molecule has 0 radical (unpaired) electrons. The second-order valence-corrected chi connectivity index (χ2v) is 3.59. The fourth-order valence-electron chi connectivity index (χ4n) is 1.57. The highest BCUT2D eigenvalue weighted by molar-refractivity contribution is 5.75. The zero-order chi connectivity index (χ0) is 9.14. The van der Waals surface area contributed by atoms with Crippen LogP contribution in [-0.2, 0) is 9.53 Å². The van der Waals surface area contributed by atoms with Crippen LogP contribution in [0.5, 0.6) is 0 Å². The number of hydrogen-bond acceptors (Lipinski definition) is 3. The summed E-state index contributed by atoms with van der Waals surface area (Å²) in [6, 6.07) is 0.337. The Kier molecular flexibility index (Phi) is 3.09. The first-order valence-corrected chi connectivity index (χ1v) is 4.49. The number of carbonyl (C=O) groups is 1. The Morgan fingerprint density at radius 3 is 2.58 bits per heavy atom. The van der Waals surface area contributed by atoms with Crippen LogP contribution in [0.15, 0.2) is 0 Å². The zero-order valence-electron chi connectivity index (χ0n) is 7.96. The Morgan fingerprint density at radius 2 is 2.08 bits per heavy atom. The summed E-state index contributed by atoms with van der Waals surface area (Å²) in [7, 11) is 1.44. The Balaban J connectivity index is 2.45. The molecule has 1 N–H and O–H groups in total. The summed E-state index contributed by atoms with van der Waals surface area (Å²) in [6.45, 7) is 4.31. The van der Waals surface area contributed by atoms with Gasteiger partial charge in [0, 0.05) is 6.04 Å². The molecule has 12 heavy (non-hydrogen) atoms. The maximum absolute atomic E-state index is 11.1. The van der Waals surface area contributed by atoms with Crippen LogP contribution in [-0.4, -0.2) is 25.2 Å². The van der Waals surface area contributed by atoms with E-state index in [1.54, 1.807) is 0 Å². The van der Waals surface area contributed by atoms with Crippen molar-refractivity contribution in [3.63, 3.8) is 0 Å². The first-order valence-electron chi connectivity index (χ1n) is 4.49. The van der Waals surface area contributed by atoms with Gasteiger partial charge in [-0.05, 0) is 25.7 Å². The average molecular weight is 171 g/mol. The van der Waals surface area contributed by atoms with E-state index in [0.717, 1.165) is 12.8 Å². The van der Waals surface area contributed by atoms with E-state index in [0.29, 0.717) is 12.0 Å². The highest BCUT2D eigenvalue weighted by Crippen LogP contribution is 2.19. The van der Waals surface area contributed by atoms with Crippen molar-refractivity contribution in [2.75, 3.05) is 7.11 Å². The van der Waals surface area contributed by atoms with Crippen LogP contribution in [0.2, 0.25) is 0 Å². The Hall–Kier alpha value is -0.570. The van der Waals surface area contributed by atoms with Gasteiger partial charge in [-0.15, -0.1) is 0 Å². The van der Waals surface area contributed by atoms with Crippen LogP contribution in [0.3, 0.4) is 0 Å². The quantitative estimate of drug-likeness (QED) is 0.597. The monoisotopic (exact) mass is 171 g/mol. The molecule has 0 aromatic heterocycles. The summed E-state index contributed by atoms with van der Waals surface area (Å²) < 4.78 is 4.67. The van der Waals surface area contributed by atoms with Crippen molar-refractivity contribution in [3.05, 3.63) is 0 Å². The van der Waals surface area contributed by atoms with Crippen LogP contribution in [0, 0.1) is 5.92 Å². The molecule has 0 aromatic rings. The third-order valence-corrected chi connectivity index (χ3v) is 2.71. The van der Waals surface area contributed by atoms with Crippen LogP contribution in [0.25, 0.3) is 0 Å². The van der Waals surface area contributed by atoms with Crippen LogP contribution in [0.1, 0.15) is 26.7 Å². The number of esters is 1. The summed E-state index contributed by atoms with van der Waals surface area (Å²) in [5.41, 5.74) is 0. The van der Waals surface area contributed by atoms with Gasteiger partial charge in [-0.3, -0.25) is 4.79 Å². The summed E-state index contributed by atoms with van der Waals surface area (Å²) in [5.74, 6) is 0.527. The van der Waals surface area contributed by atoms with Crippen molar-refractivity contribution in [3.8, 4) is 0 Å². The van der Waals surface area contributed by atoms with Crippen molar-refractivity contribution in [2.24, 2.45) is 5.92 Å². The minimum absolute atomic E-state index is 0.0822. The molecular weight excluding hydrogens is 154 g/mol. The summed E-state index contributed by atoms with van der Waals surface area (Å²) >= 11 is 0. The molecule has 1 aliphatic heterocycles. The Bertz CT molecular complexity index is 170. The topological polar surface area (TPSA) is 38.3 Å².